The maximum absolute atomic E-state index is 11.2. The van der Waals surface area contributed by atoms with E-state index in [0.717, 1.165) is 29.2 Å². The molecule has 3 nitrogen and oxygen atoms in total. The van der Waals surface area contributed by atoms with E-state index in [2.05, 4.69) is 36.1 Å². The Bertz CT molecular complexity index is 612. The maximum Gasteiger partial charge on any atom is 0.0979 e. The molecule has 0 amide bonds. The first-order chi connectivity index (χ1) is 10.1. The summed E-state index contributed by atoms with van der Waals surface area (Å²) in [5.74, 6) is 0. The number of rotatable bonds is 3. The summed E-state index contributed by atoms with van der Waals surface area (Å²) in [5.41, 5.74) is 0.890. The molecule has 3 heteroatoms. The standard InChI is InChI=1S/C18H24N2O/c1-20(2)18(10-4-3-5-11-18)17(21)16-8-6-7-14-13-19-12-9-15(14)16/h6-9,12-13,17,21H,3-5,10-11H2,1-2H3. The molecule has 1 aliphatic rings. The van der Waals surface area contributed by atoms with Crippen LogP contribution in [0.5, 0.6) is 0 Å². The van der Waals surface area contributed by atoms with E-state index in [9.17, 15) is 5.11 Å². The van der Waals surface area contributed by atoms with E-state index in [1.54, 1.807) is 0 Å². The first kappa shape index (κ1) is 14.5. The molecule has 1 atom stereocenters. The summed E-state index contributed by atoms with van der Waals surface area (Å²) >= 11 is 0. The molecule has 1 N–H and O–H groups in total. The molecule has 1 fully saturated rings. The smallest absolute Gasteiger partial charge is 0.0979 e. The Kier molecular flexibility index (Phi) is 3.96. The Balaban J connectivity index is 2.08. The van der Waals surface area contributed by atoms with Crippen LogP contribution in [-0.4, -0.2) is 34.6 Å². The summed E-state index contributed by atoms with van der Waals surface area (Å²) in [4.78, 5) is 6.42. The van der Waals surface area contributed by atoms with Crippen molar-refractivity contribution in [2.24, 2.45) is 0 Å². The van der Waals surface area contributed by atoms with Crippen molar-refractivity contribution in [2.45, 2.75) is 43.7 Å². The van der Waals surface area contributed by atoms with Gasteiger partial charge in [-0.2, -0.15) is 0 Å². The first-order valence-electron chi connectivity index (χ1n) is 7.83. The minimum absolute atomic E-state index is 0.143. The Labute approximate surface area is 126 Å². The molecule has 0 spiro atoms. The Morgan fingerprint density at radius 3 is 2.62 bits per heavy atom. The van der Waals surface area contributed by atoms with Gasteiger partial charge in [-0.3, -0.25) is 4.98 Å². The zero-order valence-electron chi connectivity index (χ0n) is 12.9. The first-order valence-corrected chi connectivity index (χ1v) is 7.83. The second kappa shape index (κ2) is 5.74. The second-order valence-electron chi connectivity index (χ2n) is 6.41. The van der Waals surface area contributed by atoms with E-state index < -0.39 is 6.10 Å². The highest BCUT2D eigenvalue weighted by atomic mass is 16.3. The summed E-state index contributed by atoms with van der Waals surface area (Å²) in [7, 11) is 4.20. The highest BCUT2D eigenvalue weighted by molar-refractivity contribution is 5.85. The number of hydrogen-bond donors (Lipinski definition) is 1. The molecule has 112 valence electrons. The minimum atomic E-state index is -0.459. The number of hydrogen-bond acceptors (Lipinski definition) is 3. The normalized spacial score (nSPS) is 19.8. The van der Waals surface area contributed by atoms with Crippen molar-refractivity contribution in [1.82, 2.24) is 9.88 Å². The van der Waals surface area contributed by atoms with Gasteiger partial charge in [-0.05, 0) is 44.0 Å². The third-order valence-corrected chi connectivity index (χ3v) is 5.13. The molecule has 0 saturated heterocycles. The topological polar surface area (TPSA) is 36.4 Å². The second-order valence-corrected chi connectivity index (χ2v) is 6.41. The largest absolute Gasteiger partial charge is 0.386 e. The van der Waals surface area contributed by atoms with Crippen LogP contribution in [0.1, 0.15) is 43.8 Å². The summed E-state index contributed by atoms with van der Waals surface area (Å²) in [6, 6.07) is 8.16. The van der Waals surface area contributed by atoms with Crippen molar-refractivity contribution >= 4 is 10.8 Å². The predicted octanol–water partition coefficient (Wildman–Crippen LogP) is 3.53. The van der Waals surface area contributed by atoms with Crippen LogP contribution < -0.4 is 0 Å². The van der Waals surface area contributed by atoms with Crippen molar-refractivity contribution < 1.29 is 5.11 Å². The fourth-order valence-corrected chi connectivity index (χ4v) is 3.80. The van der Waals surface area contributed by atoms with Crippen molar-refractivity contribution in [1.29, 1.82) is 0 Å². The Morgan fingerprint density at radius 1 is 1.14 bits per heavy atom. The average molecular weight is 284 g/mol. The lowest BCUT2D eigenvalue weighted by atomic mass is 9.74. The van der Waals surface area contributed by atoms with Gasteiger partial charge in [0, 0.05) is 17.8 Å². The van der Waals surface area contributed by atoms with Crippen LogP contribution in [-0.2, 0) is 0 Å². The molecular formula is C18H24N2O. The minimum Gasteiger partial charge on any atom is -0.386 e. The van der Waals surface area contributed by atoms with Gasteiger partial charge in [-0.1, -0.05) is 37.5 Å². The number of nitrogens with zero attached hydrogens (tertiary/aromatic N) is 2. The van der Waals surface area contributed by atoms with Gasteiger partial charge in [0.05, 0.1) is 11.6 Å². The molecule has 1 heterocycles. The number of benzene rings is 1. The van der Waals surface area contributed by atoms with E-state index >= 15 is 0 Å². The van der Waals surface area contributed by atoms with Crippen molar-refractivity contribution in [2.75, 3.05) is 14.1 Å². The number of aromatic nitrogens is 1. The van der Waals surface area contributed by atoms with E-state index in [1.165, 1.54) is 19.3 Å². The lowest BCUT2D eigenvalue weighted by Crippen LogP contribution is -2.50. The summed E-state index contributed by atoms with van der Waals surface area (Å²) in [6.45, 7) is 0. The zero-order chi connectivity index (χ0) is 14.9. The highest BCUT2D eigenvalue weighted by Gasteiger charge is 2.42. The van der Waals surface area contributed by atoms with E-state index in [4.69, 9.17) is 0 Å². The number of fused-ring (bicyclic) bond motifs is 1. The number of aliphatic hydroxyl groups excluding tert-OH is 1. The van der Waals surface area contributed by atoms with Crippen LogP contribution in [0.15, 0.2) is 36.7 Å². The summed E-state index contributed by atoms with van der Waals surface area (Å²) in [6.07, 6.45) is 9.01. The highest BCUT2D eigenvalue weighted by Crippen LogP contribution is 2.43. The lowest BCUT2D eigenvalue weighted by molar-refractivity contribution is -0.0328. The molecule has 0 aliphatic heterocycles. The molecular weight excluding hydrogens is 260 g/mol. The monoisotopic (exact) mass is 284 g/mol. The fourth-order valence-electron chi connectivity index (χ4n) is 3.80. The number of likely N-dealkylation sites (N-methyl/N-ethyl adjacent to an activating group) is 1. The third kappa shape index (κ3) is 2.45. The summed E-state index contributed by atoms with van der Waals surface area (Å²) < 4.78 is 0. The average Bonchev–Trinajstić information content (AvgIpc) is 2.54. The molecule has 0 bridgehead atoms. The Morgan fingerprint density at radius 2 is 1.90 bits per heavy atom. The fraction of sp³-hybridized carbons (Fsp3) is 0.500. The summed E-state index contributed by atoms with van der Waals surface area (Å²) in [5, 5.41) is 13.4. The molecule has 1 aliphatic carbocycles. The van der Waals surface area contributed by atoms with Crippen LogP contribution in [0.2, 0.25) is 0 Å². The molecule has 1 aromatic heterocycles. The molecule has 1 aromatic carbocycles. The van der Waals surface area contributed by atoms with Crippen LogP contribution >= 0.6 is 0 Å². The molecule has 21 heavy (non-hydrogen) atoms. The van der Waals surface area contributed by atoms with Gasteiger partial charge >= 0.3 is 0 Å². The third-order valence-electron chi connectivity index (χ3n) is 5.13. The SMILES string of the molecule is CN(C)C1(C(O)c2cccc3cnccc23)CCCCC1. The van der Waals surface area contributed by atoms with Gasteiger partial charge in [0.2, 0.25) is 0 Å². The quantitative estimate of drug-likeness (QED) is 0.936. The van der Waals surface area contributed by atoms with Gasteiger partial charge in [-0.15, -0.1) is 0 Å². The van der Waals surface area contributed by atoms with Crippen molar-refractivity contribution in [3.63, 3.8) is 0 Å². The van der Waals surface area contributed by atoms with Crippen molar-refractivity contribution in [3.8, 4) is 0 Å². The van der Waals surface area contributed by atoms with Crippen molar-refractivity contribution in [3.05, 3.63) is 42.2 Å². The van der Waals surface area contributed by atoms with Crippen LogP contribution in [0.25, 0.3) is 10.8 Å². The Hall–Kier alpha value is -1.45. The number of aliphatic hydroxyl groups is 1. The number of pyridine rings is 1. The van der Waals surface area contributed by atoms with E-state index in [0.29, 0.717) is 0 Å². The van der Waals surface area contributed by atoms with Crippen LogP contribution in [0, 0.1) is 0 Å². The van der Waals surface area contributed by atoms with Gasteiger partial charge < -0.3 is 10.0 Å². The van der Waals surface area contributed by atoms with Gasteiger partial charge in [0.1, 0.15) is 0 Å². The molecule has 1 saturated carbocycles. The van der Waals surface area contributed by atoms with Gasteiger partial charge in [0.25, 0.3) is 0 Å². The molecule has 0 radical (unpaired) electrons. The predicted molar refractivity (Wildman–Crippen MR) is 86.2 cm³/mol. The lowest BCUT2D eigenvalue weighted by Gasteiger charge is -2.46. The maximum atomic E-state index is 11.2. The van der Waals surface area contributed by atoms with E-state index in [1.807, 2.05) is 24.5 Å². The van der Waals surface area contributed by atoms with Gasteiger partial charge in [-0.25, -0.2) is 0 Å². The van der Waals surface area contributed by atoms with Crippen LogP contribution in [0.3, 0.4) is 0 Å². The molecule has 3 rings (SSSR count). The van der Waals surface area contributed by atoms with Crippen LogP contribution in [0.4, 0.5) is 0 Å². The molecule has 2 aromatic rings. The molecule has 1 unspecified atom stereocenters. The van der Waals surface area contributed by atoms with Gasteiger partial charge in [0.15, 0.2) is 0 Å². The zero-order valence-corrected chi connectivity index (χ0v) is 12.9. The van der Waals surface area contributed by atoms with E-state index in [-0.39, 0.29) is 5.54 Å².